The maximum Gasteiger partial charge on any atom is 0.416 e. The largest absolute Gasteiger partial charge is 0.463 e. The van der Waals surface area contributed by atoms with E-state index in [2.05, 4.69) is 5.32 Å². The molecule has 0 amide bonds. The predicted octanol–water partition coefficient (Wildman–Crippen LogP) is 6.48. The normalized spacial score (nSPS) is 21.9. The second kappa shape index (κ2) is 11.0. The average molecular weight is 448 g/mol. The second-order valence-corrected chi connectivity index (χ2v) is 8.91. The number of nitrogens with one attached hydrogen (secondary N) is 1. The first-order valence-electron chi connectivity index (χ1n) is 11.4. The summed E-state index contributed by atoms with van der Waals surface area (Å²) in [6, 6.07) is 15.6. The summed E-state index contributed by atoms with van der Waals surface area (Å²) in [5.41, 5.74) is 1.34. The Kier molecular flexibility index (Phi) is 8.35. The Labute approximate surface area is 188 Å². The molecule has 2 aromatic carbocycles. The molecule has 174 valence electrons. The highest BCUT2D eigenvalue weighted by molar-refractivity contribution is 5.70. The van der Waals surface area contributed by atoms with Crippen molar-refractivity contribution in [2.24, 2.45) is 5.92 Å². The van der Waals surface area contributed by atoms with E-state index in [1.807, 2.05) is 44.2 Å². The first kappa shape index (κ1) is 24.3. The third-order valence-electron chi connectivity index (χ3n) is 6.11. The van der Waals surface area contributed by atoms with E-state index in [1.165, 1.54) is 0 Å². The molecule has 0 saturated heterocycles. The van der Waals surface area contributed by atoms with Gasteiger partial charge in [-0.05, 0) is 55.9 Å². The zero-order valence-electron chi connectivity index (χ0n) is 18.7. The Morgan fingerprint density at radius 3 is 2.31 bits per heavy atom. The molecule has 1 saturated carbocycles. The van der Waals surface area contributed by atoms with Crippen LogP contribution in [0.1, 0.15) is 68.6 Å². The van der Waals surface area contributed by atoms with Gasteiger partial charge >= 0.3 is 12.1 Å². The minimum Gasteiger partial charge on any atom is -0.463 e. The number of ether oxygens (including phenoxy) is 1. The Bertz CT molecular complexity index is 850. The number of benzene rings is 2. The number of hydrogen-bond acceptors (Lipinski definition) is 3. The van der Waals surface area contributed by atoms with Gasteiger partial charge in [0, 0.05) is 24.9 Å². The van der Waals surface area contributed by atoms with Gasteiger partial charge in [0.05, 0.1) is 11.7 Å². The van der Waals surface area contributed by atoms with Crippen LogP contribution in [0.4, 0.5) is 13.2 Å². The Morgan fingerprint density at radius 1 is 1.03 bits per heavy atom. The Hall–Kier alpha value is -2.34. The van der Waals surface area contributed by atoms with Crippen molar-refractivity contribution >= 4 is 5.97 Å². The van der Waals surface area contributed by atoms with Crippen molar-refractivity contribution in [1.82, 2.24) is 5.32 Å². The fraction of sp³-hybridized carbons (Fsp3) is 0.500. The molecular formula is C26H32F3NO2. The Balaban J connectivity index is 1.87. The molecule has 1 fully saturated rings. The maximum absolute atomic E-state index is 13.1. The third-order valence-corrected chi connectivity index (χ3v) is 6.11. The lowest BCUT2D eigenvalue weighted by molar-refractivity contribution is -0.148. The summed E-state index contributed by atoms with van der Waals surface area (Å²) in [6.07, 6.45) is -0.526. The van der Waals surface area contributed by atoms with Gasteiger partial charge in [-0.2, -0.15) is 13.2 Å². The second-order valence-electron chi connectivity index (χ2n) is 8.91. The van der Waals surface area contributed by atoms with Gasteiger partial charge in [0.15, 0.2) is 0 Å². The van der Waals surface area contributed by atoms with Gasteiger partial charge in [0.25, 0.3) is 0 Å². The van der Waals surface area contributed by atoms with Crippen LogP contribution in [0, 0.1) is 5.92 Å². The highest BCUT2D eigenvalue weighted by atomic mass is 19.4. The summed E-state index contributed by atoms with van der Waals surface area (Å²) < 4.78 is 44.7. The van der Waals surface area contributed by atoms with E-state index in [9.17, 15) is 18.0 Å². The molecule has 2 aromatic rings. The van der Waals surface area contributed by atoms with Gasteiger partial charge in [0.1, 0.15) is 0 Å². The number of rotatable bonds is 7. The number of carbonyl (C=O) groups is 1. The number of alkyl halides is 3. The van der Waals surface area contributed by atoms with E-state index in [0.29, 0.717) is 6.54 Å². The predicted molar refractivity (Wildman–Crippen MR) is 119 cm³/mol. The average Bonchev–Trinajstić information content (AvgIpc) is 2.94. The van der Waals surface area contributed by atoms with Crippen LogP contribution >= 0.6 is 0 Å². The highest BCUT2D eigenvalue weighted by Gasteiger charge is 2.36. The molecule has 32 heavy (non-hydrogen) atoms. The quantitative estimate of drug-likeness (QED) is 0.390. The number of esters is 1. The number of carbonyl (C=O) groups excluding carboxylic acids is 1. The van der Waals surface area contributed by atoms with E-state index in [-0.39, 0.29) is 36.4 Å². The van der Waals surface area contributed by atoms with E-state index in [1.54, 1.807) is 12.1 Å². The molecule has 1 N–H and O–H groups in total. The lowest BCUT2D eigenvalue weighted by atomic mass is 9.77. The monoisotopic (exact) mass is 447 g/mol. The fourth-order valence-corrected chi connectivity index (χ4v) is 4.69. The topological polar surface area (TPSA) is 38.3 Å². The van der Waals surface area contributed by atoms with E-state index < -0.39 is 11.7 Å². The molecule has 0 radical (unpaired) electrons. The van der Waals surface area contributed by atoms with Gasteiger partial charge in [-0.15, -0.1) is 0 Å². The molecule has 1 aliphatic carbocycles. The van der Waals surface area contributed by atoms with Crippen molar-refractivity contribution in [3.8, 4) is 0 Å². The molecule has 3 atom stereocenters. The molecule has 1 aliphatic rings. The van der Waals surface area contributed by atoms with Crippen LogP contribution in [-0.4, -0.2) is 18.1 Å². The van der Waals surface area contributed by atoms with Crippen molar-refractivity contribution < 1.29 is 22.7 Å². The summed E-state index contributed by atoms with van der Waals surface area (Å²) in [7, 11) is 0. The van der Waals surface area contributed by atoms with Crippen LogP contribution in [0.5, 0.6) is 0 Å². The third kappa shape index (κ3) is 6.83. The molecule has 3 rings (SSSR count). The van der Waals surface area contributed by atoms with Crippen LogP contribution in [-0.2, 0) is 22.3 Å². The number of hydrogen-bond donors (Lipinski definition) is 1. The van der Waals surface area contributed by atoms with Crippen LogP contribution in [0.15, 0.2) is 54.6 Å². The summed E-state index contributed by atoms with van der Waals surface area (Å²) in [6.45, 7) is 4.32. The lowest BCUT2D eigenvalue weighted by Crippen LogP contribution is -2.38. The maximum atomic E-state index is 13.1. The van der Waals surface area contributed by atoms with Crippen LogP contribution in [0.3, 0.4) is 0 Å². The van der Waals surface area contributed by atoms with Crippen LogP contribution < -0.4 is 5.32 Å². The van der Waals surface area contributed by atoms with Crippen molar-refractivity contribution in [2.45, 2.75) is 76.7 Å². The first-order valence-corrected chi connectivity index (χ1v) is 11.4. The lowest BCUT2D eigenvalue weighted by Gasteiger charge is -2.33. The standard InChI is InChI=1S/C26H32F3NO2/c1-18(2)32-24(31)16-21-10-6-7-11-23(30-17-19-8-4-3-5-9-19)25(21)20-12-14-22(15-13-20)26(27,28)29/h3-5,8-9,12-15,18,21,23,25,30H,6-7,10-11,16-17H2,1-2H3/t21-,23?,25?/m1/s1. The highest BCUT2D eigenvalue weighted by Crippen LogP contribution is 2.40. The van der Waals surface area contributed by atoms with Gasteiger partial charge in [-0.1, -0.05) is 55.3 Å². The smallest absolute Gasteiger partial charge is 0.416 e. The zero-order valence-corrected chi connectivity index (χ0v) is 18.7. The van der Waals surface area contributed by atoms with Crippen molar-refractivity contribution in [1.29, 1.82) is 0 Å². The summed E-state index contributed by atoms with van der Waals surface area (Å²) in [5.74, 6) is -0.303. The Morgan fingerprint density at radius 2 is 1.69 bits per heavy atom. The SMILES string of the molecule is CC(C)OC(=O)C[C@H]1CCCCC(NCc2ccccc2)C1c1ccc(C(F)(F)F)cc1. The van der Waals surface area contributed by atoms with Crippen molar-refractivity contribution in [3.63, 3.8) is 0 Å². The van der Waals surface area contributed by atoms with Crippen molar-refractivity contribution in [3.05, 3.63) is 71.3 Å². The first-order chi connectivity index (χ1) is 15.2. The molecule has 0 heterocycles. The van der Waals surface area contributed by atoms with Crippen LogP contribution in [0.25, 0.3) is 0 Å². The van der Waals surface area contributed by atoms with Crippen LogP contribution in [0.2, 0.25) is 0 Å². The van der Waals surface area contributed by atoms with Gasteiger partial charge < -0.3 is 10.1 Å². The van der Waals surface area contributed by atoms with Gasteiger partial charge in [-0.3, -0.25) is 4.79 Å². The molecule has 2 unspecified atom stereocenters. The van der Waals surface area contributed by atoms with E-state index in [0.717, 1.165) is 48.9 Å². The summed E-state index contributed by atoms with van der Waals surface area (Å²) in [5, 5.41) is 3.64. The van der Waals surface area contributed by atoms with Crippen molar-refractivity contribution in [2.75, 3.05) is 0 Å². The minimum absolute atomic E-state index is 0.00811. The molecule has 6 heteroatoms. The summed E-state index contributed by atoms with van der Waals surface area (Å²) in [4.78, 5) is 12.5. The molecule has 0 bridgehead atoms. The van der Waals surface area contributed by atoms with E-state index >= 15 is 0 Å². The fourth-order valence-electron chi connectivity index (χ4n) is 4.69. The van der Waals surface area contributed by atoms with E-state index in [4.69, 9.17) is 4.74 Å². The molecule has 0 aliphatic heterocycles. The van der Waals surface area contributed by atoms with Gasteiger partial charge in [-0.25, -0.2) is 0 Å². The molecule has 0 spiro atoms. The minimum atomic E-state index is -4.37. The zero-order chi connectivity index (χ0) is 23.1. The molecule has 3 nitrogen and oxygen atoms in total. The summed E-state index contributed by atoms with van der Waals surface area (Å²) >= 11 is 0. The van der Waals surface area contributed by atoms with Gasteiger partial charge in [0.2, 0.25) is 0 Å². The molecule has 0 aromatic heterocycles. The molecular weight excluding hydrogens is 415 g/mol. The number of halogens is 3.